The van der Waals surface area contributed by atoms with Gasteiger partial charge in [0.2, 0.25) is 0 Å². The van der Waals surface area contributed by atoms with Gasteiger partial charge in [-0.2, -0.15) is 0 Å². The minimum atomic E-state index is -0.471. The van der Waals surface area contributed by atoms with Crippen molar-refractivity contribution < 1.29 is 23.5 Å². The van der Waals surface area contributed by atoms with Gasteiger partial charge in [-0.25, -0.2) is 0 Å². The Hall–Kier alpha value is -3.54. The van der Waals surface area contributed by atoms with Crippen LogP contribution in [0.2, 0.25) is 0 Å². The minimum Gasteiger partial charge on any atom is -0.497 e. The van der Waals surface area contributed by atoms with Crippen LogP contribution in [-0.4, -0.2) is 30.6 Å². The molecular weight excluding hydrogens is 454 g/mol. The van der Waals surface area contributed by atoms with Crippen molar-refractivity contribution in [1.29, 1.82) is 0 Å². The van der Waals surface area contributed by atoms with Gasteiger partial charge in [-0.05, 0) is 65.2 Å². The maximum absolute atomic E-state index is 13.5. The maximum Gasteiger partial charge on any atom is 0.306 e. The van der Waals surface area contributed by atoms with Crippen molar-refractivity contribution in [3.63, 3.8) is 0 Å². The highest BCUT2D eigenvalue weighted by atomic mass is 16.6. The average molecular weight is 492 g/mol. The van der Waals surface area contributed by atoms with E-state index in [4.69, 9.17) is 13.9 Å². The van der Waals surface area contributed by atoms with Crippen LogP contribution in [0.25, 0.3) is 22.5 Å². The van der Waals surface area contributed by atoms with Crippen molar-refractivity contribution in [3.05, 3.63) is 65.9 Å². The Kier molecular flexibility index (Phi) is 8.97. The number of esters is 1. The molecule has 192 valence electrons. The van der Waals surface area contributed by atoms with Crippen LogP contribution in [0.3, 0.4) is 0 Å². The molecule has 3 aromatic rings. The molecule has 0 aliphatic rings. The van der Waals surface area contributed by atoms with Crippen LogP contribution < -0.4 is 10.1 Å². The first-order valence-electron chi connectivity index (χ1n) is 12.4. The Morgan fingerprint density at radius 2 is 1.64 bits per heavy atom. The van der Waals surface area contributed by atoms with Crippen LogP contribution in [-0.2, 0) is 9.53 Å². The van der Waals surface area contributed by atoms with Crippen LogP contribution >= 0.6 is 0 Å². The molecule has 3 rings (SSSR count). The van der Waals surface area contributed by atoms with Gasteiger partial charge in [0.1, 0.15) is 22.9 Å². The van der Waals surface area contributed by atoms with Gasteiger partial charge >= 0.3 is 5.97 Å². The van der Waals surface area contributed by atoms with Gasteiger partial charge in [0.05, 0.1) is 12.7 Å². The van der Waals surface area contributed by atoms with Crippen molar-refractivity contribution in [2.45, 2.75) is 71.9 Å². The van der Waals surface area contributed by atoms with E-state index in [-0.39, 0.29) is 17.9 Å². The van der Waals surface area contributed by atoms with Gasteiger partial charge < -0.3 is 19.2 Å². The van der Waals surface area contributed by atoms with Crippen LogP contribution in [0.4, 0.5) is 0 Å². The summed E-state index contributed by atoms with van der Waals surface area (Å²) >= 11 is 0. The van der Waals surface area contributed by atoms with E-state index >= 15 is 0 Å². The molecule has 1 aromatic heterocycles. The first kappa shape index (κ1) is 27.1. The number of amides is 1. The molecule has 1 N–H and O–H groups in total. The monoisotopic (exact) mass is 491 g/mol. The topological polar surface area (TPSA) is 77.8 Å². The molecule has 6 heteroatoms. The normalized spacial score (nSPS) is 12.2. The van der Waals surface area contributed by atoms with Crippen LogP contribution in [0.5, 0.6) is 5.75 Å². The van der Waals surface area contributed by atoms with Crippen molar-refractivity contribution in [3.8, 4) is 28.2 Å². The Balaban J connectivity index is 1.75. The van der Waals surface area contributed by atoms with Gasteiger partial charge in [-0.1, -0.05) is 48.9 Å². The number of carbonyl (C=O) groups excluding carboxylic acids is 2. The smallest absolute Gasteiger partial charge is 0.306 e. The third kappa shape index (κ3) is 7.23. The van der Waals surface area contributed by atoms with Crippen LogP contribution in [0.1, 0.15) is 69.5 Å². The van der Waals surface area contributed by atoms with Crippen LogP contribution in [0.15, 0.2) is 59.0 Å². The summed E-state index contributed by atoms with van der Waals surface area (Å²) < 4.78 is 16.8. The molecule has 2 aromatic carbocycles. The first-order valence-corrected chi connectivity index (χ1v) is 12.4. The number of furan rings is 1. The fourth-order valence-electron chi connectivity index (χ4n) is 4.12. The first-order chi connectivity index (χ1) is 17.1. The van der Waals surface area contributed by atoms with E-state index in [9.17, 15) is 9.59 Å². The van der Waals surface area contributed by atoms with Crippen molar-refractivity contribution in [2.24, 2.45) is 0 Å². The molecule has 0 aliphatic carbocycles. The van der Waals surface area contributed by atoms with Gasteiger partial charge in [-0.3, -0.25) is 9.59 Å². The summed E-state index contributed by atoms with van der Waals surface area (Å²) in [6.45, 7) is 9.39. The molecule has 1 amide bonds. The summed E-state index contributed by atoms with van der Waals surface area (Å²) in [5.41, 5.74) is 2.60. The van der Waals surface area contributed by atoms with Gasteiger partial charge in [-0.15, -0.1) is 0 Å². The molecule has 0 aliphatic heterocycles. The maximum atomic E-state index is 13.5. The zero-order chi connectivity index (χ0) is 26.3. The second-order valence-electron chi connectivity index (χ2n) is 10.0. The quantitative estimate of drug-likeness (QED) is 0.245. The SMILES string of the molecule is COc1ccc(-c2c(-c3ccccc3)oc(C)c2C(=O)NC(C)CCCCC(=O)OC(C)(C)C)cc1. The number of hydrogen-bond donors (Lipinski definition) is 1. The number of unbranched alkanes of at least 4 members (excludes halogenated alkanes) is 1. The number of carbonyl (C=O) groups is 2. The highest BCUT2D eigenvalue weighted by Crippen LogP contribution is 2.39. The Morgan fingerprint density at radius 3 is 2.25 bits per heavy atom. The van der Waals surface area contributed by atoms with Crippen molar-refractivity contribution >= 4 is 11.9 Å². The van der Waals surface area contributed by atoms with E-state index in [0.717, 1.165) is 41.7 Å². The number of ether oxygens (including phenoxy) is 2. The van der Waals surface area contributed by atoms with Gasteiger partial charge in [0, 0.05) is 23.6 Å². The molecule has 36 heavy (non-hydrogen) atoms. The van der Waals surface area contributed by atoms with E-state index in [1.807, 2.05) is 89.2 Å². The van der Waals surface area contributed by atoms with E-state index in [1.165, 1.54) is 0 Å². The lowest BCUT2D eigenvalue weighted by molar-refractivity contribution is -0.154. The summed E-state index contributed by atoms with van der Waals surface area (Å²) in [6.07, 6.45) is 2.66. The predicted molar refractivity (Wildman–Crippen MR) is 142 cm³/mol. The largest absolute Gasteiger partial charge is 0.497 e. The zero-order valence-electron chi connectivity index (χ0n) is 22.1. The number of benzene rings is 2. The molecule has 6 nitrogen and oxygen atoms in total. The molecule has 0 saturated carbocycles. The molecule has 1 atom stereocenters. The predicted octanol–water partition coefficient (Wildman–Crippen LogP) is 6.95. The van der Waals surface area contributed by atoms with Crippen LogP contribution in [0, 0.1) is 6.92 Å². The van der Waals surface area contributed by atoms with Gasteiger partial charge in [0.25, 0.3) is 5.91 Å². The Bertz CT molecular complexity index is 1160. The van der Waals surface area contributed by atoms with Crippen molar-refractivity contribution in [1.82, 2.24) is 5.32 Å². The summed E-state index contributed by atoms with van der Waals surface area (Å²) in [5, 5.41) is 3.12. The summed E-state index contributed by atoms with van der Waals surface area (Å²) in [5.74, 6) is 1.60. The summed E-state index contributed by atoms with van der Waals surface area (Å²) in [4.78, 5) is 25.4. The Morgan fingerprint density at radius 1 is 0.972 bits per heavy atom. The molecule has 1 unspecified atom stereocenters. The number of aryl methyl sites for hydroxylation is 1. The zero-order valence-corrected chi connectivity index (χ0v) is 22.1. The molecule has 0 spiro atoms. The fourth-order valence-corrected chi connectivity index (χ4v) is 4.12. The minimum absolute atomic E-state index is 0.0608. The van der Waals surface area contributed by atoms with E-state index in [0.29, 0.717) is 23.5 Å². The fraction of sp³-hybridized carbons (Fsp3) is 0.400. The lowest BCUT2D eigenvalue weighted by atomic mass is 9.96. The molecular formula is C30H37NO5. The third-order valence-electron chi connectivity index (χ3n) is 5.79. The molecule has 0 fully saturated rings. The number of methoxy groups -OCH3 is 1. The lowest BCUT2D eigenvalue weighted by Crippen LogP contribution is -2.33. The molecule has 0 bridgehead atoms. The summed E-state index contributed by atoms with van der Waals surface area (Å²) in [6, 6.07) is 17.4. The van der Waals surface area contributed by atoms with E-state index in [1.54, 1.807) is 7.11 Å². The molecule has 0 saturated heterocycles. The van der Waals surface area contributed by atoms with Crippen molar-refractivity contribution in [2.75, 3.05) is 7.11 Å². The molecule has 0 radical (unpaired) electrons. The second kappa shape index (κ2) is 11.9. The Labute approximate surface area is 214 Å². The van der Waals surface area contributed by atoms with E-state index in [2.05, 4.69) is 5.32 Å². The number of rotatable bonds is 10. The number of hydrogen-bond acceptors (Lipinski definition) is 5. The van der Waals surface area contributed by atoms with E-state index < -0.39 is 5.60 Å². The second-order valence-corrected chi connectivity index (χ2v) is 10.0. The highest BCUT2D eigenvalue weighted by molar-refractivity contribution is 6.05. The average Bonchev–Trinajstić information content (AvgIpc) is 3.18. The third-order valence-corrected chi connectivity index (χ3v) is 5.79. The lowest BCUT2D eigenvalue weighted by Gasteiger charge is -2.19. The van der Waals surface area contributed by atoms with Gasteiger partial charge in [0.15, 0.2) is 0 Å². The summed E-state index contributed by atoms with van der Waals surface area (Å²) in [7, 11) is 1.63. The molecule has 1 heterocycles. The highest BCUT2D eigenvalue weighted by Gasteiger charge is 2.26. The number of nitrogens with one attached hydrogen (secondary N) is 1. The standard InChI is InChI=1S/C30H37NO5/c1-20(12-10-11-15-25(32)36-30(3,4)5)31-29(33)26-21(2)35-28(23-13-8-7-9-14-23)27(26)22-16-18-24(34-6)19-17-22/h7-9,13-14,16-20H,10-12,15H2,1-6H3,(H,31,33).